The largest absolute Gasteiger partial charge is 0.480 e. The molecule has 0 bridgehead atoms. The van der Waals surface area contributed by atoms with Gasteiger partial charge >= 0.3 is 5.97 Å². The van der Waals surface area contributed by atoms with Crippen molar-refractivity contribution in [3.05, 3.63) is 71.8 Å². The third-order valence-electron chi connectivity index (χ3n) is 3.09. The molecular weight excluding hydrogens is 284 g/mol. The number of hydrogen-bond acceptors (Lipinski definition) is 3. The predicted molar refractivity (Wildman–Crippen MR) is 84.6 cm³/mol. The van der Waals surface area contributed by atoms with Crippen molar-refractivity contribution in [3.8, 4) is 0 Å². The van der Waals surface area contributed by atoms with Crippen molar-refractivity contribution in [3.63, 3.8) is 0 Å². The van der Waals surface area contributed by atoms with Gasteiger partial charge in [0, 0.05) is 5.56 Å². The molecule has 108 valence electrons. The molecule has 0 aromatic heterocycles. The minimum absolute atomic E-state index is 0.0695. The third kappa shape index (κ3) is 3.95. The first-order chi connectivity index (χ1) is 10.1. The Morgan fingerprint density at radius 2 is 1.48 bits per heavy atom. The molecule has 2 aromatic carbocycles. The second kappa shape index (κ2) is 7.09. The number of carboxylic acids is 1. The molecule has 0 fully saturated rings. The Balaban J connectivity index is 2.32. The van der Waals surface area contributed by atoms with Gasteiger partial charge in [0.15, 0.2) is 5.78 Å². The second-order valence-corrected chi connectivity index (χ2v) is 6.09. The lowest BCUT2D eigenvalue weighted by atomic mass is 10.0. The lowest BCUT2D eigenvalue weighted by molar-refractivity contribution is -0.136. The highest BCUT2D eigenvalue weighted by Crippen LogP contribution is 2.35. The van der Waals surface area contributed by atoms with Crippen molar-refractivity contribution in [2.24, 2.45) is 0 Å². The van der Waals surface area contributed by atoms with Crippen LogP contribution in [0.2, 0.25) is 0 Å². The minimum Gasteiger partial charge on any atom is -0.480 e. The number of carboxylic acid groups (broad SMARTS) is 1. The highest BCUT2D eigenvalue weighted by atomic mass is 32.2. The van der Waals surface area contributed by atoms with Crippen LogP contribution in [0.5, 0.6) is 0 Å². The molecule has 4 heteroatoms. The third-order valence-corrected chi connectivity index (χ3v) is 4.46. The second-order valence-electron chi connectivity index (χ2n) is 4.64. The summed E-state index contributed by atoms with van der Waals surface area (Å²) in [6, 6.07) is 18.3. The number of aliphatic carboxylic acids is 1. The van der Waals surface area contributed by atoms with Gasteiger partial charge in [0.2, 0.25) is 0 Å². The van der Waals surface area contributed by atoms with Crippen LogP contribution >= 0.6 is 11.8 Å². The fourth-order valence-electron chi connectivity index (χ4n) is 1.94. The summed E-state index contributed by atoms with van der Waals surface area (Å²) in [4.78, 5) is 23.8. The van der Waals surface area contributed by atoms with Crippen molar-refractivity contribution in [1.29, 1.82) is 0 Å². The maximum absolute atomic E-state index is 12.7. The summed E-state index contributed by atoms with van der Waals surface area (Å²) in [5.74, 6) is -0.985. The number of benzene rings is 2. The molecule has 2 unspecified atom stereocenters. The molecular formula is C17H16O3S. The highest BCUT2D eigenvalue weighted by molar-refractivity contribution is 8.01. The highest BCUT2D eigenvalue weighted by Gasteiger charge is 2.27. The van der Waals surface area contributed by atoms with Crippen molar-refractivity contribution in [2.45, 2.75) is 17.4 Å². The number of Topliss-reactive ketones (excluding diaryl/α,β-unsaturated/α-hetero) is 1. The topological polar surface area (TPSA) is 54.4 Å². The van der Waals surface area contributed by atoms with E-state index >= 15 is 0 Å². The summed E-state index contributed by atoms with van der Waals surface area (Å²) in [5, 5.41) is 7.93. The smallest absolute Gasteiger partial charge is 0.316 e. The zero-order valence-corrected chi connectivity index (χ0v) is 12.4. The first-order valence-electron chi connectivity index (χ1n) is 6.62. The van der Waals surface area contributed by atoms with Crippen LogP contribution in [0.3, 0.4) is 0 Å². The molecule has 2 atom stereocenters. The molecule has 3 nitrogen and oxygen atoms in total. The number of thioether (sulfide) groups is 1. The van der Waals surface area contributed by atoms with E-state index in [1.54, 1.807) is 31.2 Å². The fourth-order valence-corrected chi connectivity index (χ4v) is 3.03. The van der Waals surface area contributed by atoms with Crippen molar-refractivity contribution < 1.29 is 14.7 Å². The summed E-state index contributed by atoms with van der Waals surface area (Å²) in [7, 11) is 0. The Labute approximate surface area is 128 Å². The quantitative estimate of drug-likeness (QED) is 0.824. The van der Waals surface area contributed by atoms with Crippen molar-refractivity contribution in [2.75, 3.05) is 0 Å². The standard InChI is InChI=1S/C17H16O3S/c1-12(17(19)20)21-16(14-10-6-3-7-11-14)15(18)13-8-4-2-5-9-13/h2-12,16H,1H3,(H,19,20). The van der Waals surface area contributed by atoms with Crippen LogP contribution in [0.25, 0.3) is 0 Å². The number of ketones is 1. The van der Waals surface area contributed by atoms with Gasteiger partial charge in [0.1, 0.15) is 5.25 Å². The fraction of sp³-hybridized carbons (Fsp3) is 0.176. The Hall–Kier alpha value is -2.07. The number of hydrogen-bond donors (Lipinski definition) is 1. The van der Waals surface area contributed by atoms with E-state index in [1.807, 2.05) is 36.4 Å². The molecule has 0 aliphatic rings. The predicted octanol–water partition coefficient (Wildman–Crippen LogP) is 3.82. The molecule has 1 N–H and O–H groups in total. The Kier molecular flexibility index (Phi) is 5.17. The molecule has 0 saturated carbocycles. The summed E-state index contributed by atoms with van der Waals surface area (Å²) in [6.07, 6.45) is 0. The molecule has 0 amide bonds. The summed E-state index contributed by atoms with van der Waals surface area (Å²) in [5.41, 5.74) is 1.42. The molecule has 0 saturated heterocycles. The van der Waals surface area contributed by atoms with Gasteiger partial charge < -0.3 is 5.11 Å². The maximum atomic E-state index is 12.7. The van der Waals surface area contributed by atoms with Crippen molar-refractivity contribution in [1.82, 2.24) is 0 Å². The Morgan fingerprint density at radius 3 is 2.00 bits per heavy atom. The molecule has 0 aliphatic heterocycles. The summed E-state index contributed by atoms with van der Waals surface area (Å²) >= 11 is 1.16. The van der Waals surface area contributed by atoms with E-state index in [9.17, 15) is 9.59 Å². The van der Waals surface area contributed by atoms with Crippen LogP contribution in [0.1, 0.15) is 28.1 Å². The van der Waals surface area contributed by atoms with Crippen LogP contribution < -0.4 is 0 Å². The van der Waals surface area contributed by atoms with Gasteiger partial charge in [-0.05, 0) is 12.5 Å². The van der Waals surface area contributed by atoms with Gasteiger partial charge in [0.05, 0.1) is 5.25 Å². The number of rotatable bonds is 6. The van der Waals surface area contributed by atoms with Crippen LogP contribution in [-0.4, -0.2) is 22.1 Å². The normalized spacial score (nSPS) is 13.4. The van der Waals surface area contributed by atoms with Gasteiger partial charge in [-0.3, -0.25) is 9.59 Å². The zero-order valence-electron chi connectivity index (χ0n) is 11.6. The van der Waals surface area contributed by atoms with Gasteiger partial charge in [-0.15, -0.1) is 11.8 Å². The Bertz CT molecular complexity index is 610. The minimum atomic E-state index is -0.915. The first kappa shape index (κ1) is 15.3. The van der Waals surface area contributed by atoms with Gasteiger partial charge in [0.25, 0.3) is 0 Å². The molecule has 21 heavy (non-hydrogen) atoms. The van der Waals surface area contributed by atoms with E-state index in [0.717, 1.165) is 17.3 Å². The monoisotopic (exact) mass is 300 g/mol. The molecule has 2 rings (SSSR count). The summed E-state index contributed by atoms with van der Waals surface area (Å²) in [6.45, 7) is 1.60. The van der Waals surface area contributed by atoms with E-state index in [4.69, 9.17) is 5.11 Å². The van der Waals surface area contributed by atoms with Crippen LogP contribution in [0.15, 0.2) is 60.7 Å². The molecule has 0 aliphatic carbocycles. The average Bonchev–Trinajstić information content (AvgIpc) is 2.53. The van der Waals surface area contributed by atoms with E-state index in [1.165, 1.54) is 0 Å². The SMILES string of the molecule is CC(SC(C(=O)c1ccccc1)c1ccccc1)C(=O)O. The van der Waals surface area contributed by atoms with Crippen LogP contribution in [0.4, 0.5) is 0 Å². The van der Waals surface area contributed by atoms with Gasteiger partial charge in [-0.25, -0.2) is 0 Å². The van der Waals surface area contributed by atoms with Gasteiger partial charge in [-0.2, -0.15) is 0 Å². The van der Waals surface area contributed by atoms with Crippen LogP contribution in [0, 0.1) is 0 Å². The van der Waals surface area contributed by atoms with Crippen molar-refractivity contribution >= 4 is 23.5 Å². The molecule has 0 radical (unpaired) electrons. The Morgan fingerprint density at radius 1 is 0.952 bits per heavy atom. The van der Waals surface area contributed by atoms with E-state index < -0.39 is 16.5 Å². The summed E-state index contributed by atoms with van der Waals surface area (Å²) < 4.78 is 0. The van der Waals surface area contributed by atoms with E-state index in [0.29, 0.717) is 5.56 Å². The molecule has 0 spiro atoms. The average molecular weight is 300 g/mol. The number of carbonyl (C=O) groups is 2. The van der Waals surface area contributed by atoms with E-state index in [2.05, 4.69) is 0 Å². The lowest BCUT2D eigenvalue weighted by Crippen LogP contribution is -2.18. The molecule has 0 heterocycles. The number of carbonyl (C=O) groups excluding carboxylic acids is 1. The lowest BCUT2D eigenvalue weighted by Gasteiger charge is -2.18. The first-order valence-corrected chi connectivity index (χ1v) is 7.56. The van der Waals surface area contributed by atoms with E-state index in [-0.39, 0.29) is 5.78 Å². The van der Waals surface area contributed by atoms with Crippen LogP contribution in [-0.2, 0) is 4.79 Å². The molecule has 2 aromatic rings. The van der Waals surface area contributed by atoms with Gasteiger partial charge in [-0.1, -0.05) is 60.7 Å². The zero-order chi connectivity index (χ0) is 15.2. The maximum Gasteiger partial charge on any atom is 0.316 e.